The van der Waals surface area contributed by atoms with Crippen LogP contribution in [0.25, 0.3) is 0 Å². The molecule has 0 saturated carbocycles. The van der Waals surface area contributed by atoms with Crippen LogP contribution >= 0.6 is 0 Å². The number of hydrogen-bond donors (Lipinski definition) is 3. The molecule has 0 aromatic heterocycles. The van der Waals surface area contributed by atoms with E-state index in [1.165, 1.54) is 0 Å². The van der Waals surface area contributed by atoms with Crippen molar-refractivity contribution in [1.29, 1.82) is 0 Å². The van der Waals surface area contributed by atoms with Gasteiger partial charge in [-0.25, -0.2) is 0 Å². The molecule has 5 heteroatoms. The maximum absolute atomic E-state index is 11.6. The normalized spacial score (nSPS) is 25.8. The summed E-state index contributed by atoms with van der Waals surface area (Å²) in [5.74, 6) is -1.52. The number of aliphatic carboxylic acids is 1. The molecule has 0 aromatic carbocycles. The van der Waals surface area contributed by atoms with Gasteiger partial charge in [0.25, 0.3) is 0 Å². The van der Waals surface area contributed by atoms with Gasteiger partial charge in [-0.1, -0.05) is 26.0 Å². The van der Waals surface area contributed by atoms with E-state index in [1.54, 1.807) is 12.2 Å². The minimum absolute atomic E-state index is 0.0700. The van der Waals surface area contributed by atoms with Crippen LogP contribution < -0.4 is 11.1 Å². The molecule has 3 atom stereocenters. The first kappa shape index (κ1) is 12.7. The van der Waals surface area contributed by atoms with Crippen molar-refractivity contribution in [3.8, 4) is 0 Å². The van der Waals surface area contributed by atoms with Crippen LogP contribution in [0.4, 0.5) is 0 Å². The molecule has 4 N–H and O–H groups in total. The second kappa shape index (κ2) is 5.12. The highest BCUT2D eigenvalue weighted by Gasteiger charge is 2.27. The van der Waals surface area contributed by atoms with E-state index in [9.17, 15) is 9.59 Å². The number of carboxylic acids is 1. The maximum Gasteiger partial charge on any atom is 0.310 e. The third-order valence-electron chi connectivity index (χ3n) is 2.75. The van der Waals surface area contributed by atoms with E-state index in [1.807, 2.05) is 13.8 Å². The lowest BCUT2D eigenvalue weighted by Gasteiger charge is -2.18. The fraction of sp³-hybridized carbons (Fsp3) is 0.636. The third-order valence-corrected chi connectivity index (χ3v) is 2.75. The zero-order valence-electron chi connectivity index (χ0n) is 9.51. The Labute approximate surface area is 94.7 Å². The first-order valence-electron chi connectivity index (χ1n) is 5.39. The van der Waals surface area contributed by atoms with Crippen LogP contribution in [0.1, 0.15) is 20.3 Å². The van der Waals surface area contributed by atoms with Crippen molar-refractivity contribution >= 4 is 11.9 Å². The Morgan fingerprint density at radius 1 is 1.44 bits per heavy atom. The largest absolute Gasteiger partial charge is 0.481 e. The van der Waals surface area contributed by atoms with Crippen LogP contribution in [-0.2, 0) is 9.59 Å². The SMILES string of the molecule is CC(C)[C@H](N)C(=O)NC1C=CC(C(=O)O)C1. The van der Waals surface area contributed by atoms with Crippen LogP contribution in [0.5, 0.6) is 0 Å². The van der Waals surface area contributed by atoms with Gasteiger partial charge in [0, 0.05) is 6.04 Å². The molecule has 90 valence electrons. The summed E-state index contributed by atoms with van der Waals surface area (Å²) in [4.78, 5) is 22.3. The second-order valence-corrected chi connectivity index (χ2v) is 4.45. The van der Waals surface area contributed by atoms with Crippen LogP contribution in [-0.4, -0.2) is 29.1 Å². The molecule has 0 fully saturated rings. The zero-order valence-corrected chi connectivity index (χ0v) is 9.51. The quantitative estimate of drug-likeness (QED) is 0.593. The van der Waals surface area contributed by atoms with Gasteiger partial charge in [0.05, 0.1) is 12.0 Å². The highest BCUT2D eigenvalue weighted by atomic mass is 16.4. The van der Waals surface area contributed by atoms with E-state index in [0.29, 0.717) is 6.42 Å². The fourth-order valence-electron chi connectivity index (χ4n) is 1.57. The molecule has 1 aliphatic rings. The summed E-state index contributed by atoms with van der Waals surface area (Å²) in [6.07, 6.45) is 3.73. The van der Waals surface area contributed by atoms with E-state index >= 15 is 0 Å². The molecule has 0 radical (unpaired) electrons. The van der Waals surface area contributed by atoms with E-state index in [4.69, 9.17) is 10.8 Å². The Kier molecular flexibility index (Phi) is 4.06. The Balaban J connectivity index is 2.44. The van der Waals surface area contributed by atoms with Crippen molar-refractivity contribution in [2.75, 3.05) is 0 Å². The molecule has 0 heterocycles. The minimum Gasteiger partial charge on any atom is -0.481 e. The highest BCUT2D eigenvalue weighted by Crippen LogP contribution is 2.18. The number of carboxylic acid groups (broad SMARTS) is 1. The van der Waals surface area contributed by atoms with Gasteiger partial charge in [-0.05, 0) is 12.3 Å². The van der Waals surface area contributed by atoms with E-state index in [2.05, 4.69) is 5.32 Å². The van der Waals surface area contributed by atoms with Crippen molar-refractivity contribution in [1.82, 2.24) is 5.32 Å². The molecule has 1 amide bonds. The van der Waals surface area contributed by atoms with Crippen LogP contribution in [0.3, 0.4) is 0 Å². The Bertz CT molecular complexity index is 312. The number of nitrogens with one attached hydrogen (secondary N) is 1. The molecule has 0 saturated heterocycles. The smallest absolute Gasteiger partial charge is 0.310 e. The van der Waals surface area contributed by atoms with E-state index < -0.39 is 17.9 Å². The molecule has 5 nitrogen and oxygen atoms in total. The van der Waals surface area contributed by atoms with Gasteiger partial charge in [0.2, 0.25) is 5.91 Å². The standard InChI is InChI=1S/C11H18N2O3/c1-6(2)9(12)10(14)13-8-4-3-7(5-8)11(15)16/h3-4,6-9H,5,12H2,1-2H3,(H,13,14)(H,15,16)/t7?,8?,9-/m0/s1. The van der Waals surface area contributed by atoms with Gasteiger partial charge in [-0.15, -0.1) is 0 Å². The maximum atomic E-state index is 11.6. The van der Waals surface area contributed by atoms with Gasteiger partial charge >= 0.3 is 5.97 Å². The molecule has 1 aliphatic carbocycles. The molecule has 2 unspecified atom stereocenters. The number of carbonyl (C=O) groups is 2. The van der Waals surface area contributed by atoms with Gasteiger partial charge in [-0.3, -0.25) is 9.59 Å². The summed E-state index contributed by atoms with van der Waals surface area (Å²) < 4.78 is 0. The lowest BCUT2D eigenvalue weighted by Crippen LogP contribution is -2.47. The molecular weight excluding hydrogens is 208 g/mol. The number of hydrogen-bond acceptors (Lipinski definition) is 3. The van der Waals surface area contributed by atoms with Crippen molar-refractivity contribution in [2.24, 2.45) is 17.6 Å². The fourth-order valence-corrected chi connectivity index (χ4v) is 1.57. The molecule has 0 bridgehead atoms. The first-order valence-corrected chi connectivity index (χ1v) is 5.39. The molecule has 1 rings (SSSR count). The average molecular weight is 226 g/mol. The summed E-state index contributed by atoms with van der Waals surface area (Å²) in [5, 5.41) is 11.5. The predicted molar refractivity (Wildman–Crippen MR) is 59.6 cm³/mol. The zero-order chi connectivity index (χ0) is 12.3. The number of amides is 1. The predicted octanol–water partition coefficient (Wildman–Crippen LogP) is 0.115. The lowest BCUT2D eigenvalue weighted by molar-refractivity contribution is -0.140. The van der Waals surface area contributed by atoms with Crippen LogP contribution in [0, 0.1) is 11.8 Å². The number of carbonyl (C=O) groups excluding carboxylic acids is 1. The van der Waals surface area contributed by atoms with Gasteiger partial charge in [0.1, 0.15) is 0 Å². The Hall–Kier alpha value is -1.36. The van der Waals surface area contributed by atoms with Gasteiger partial charge in [0.15, 0.2) is 0 Å². The topological polar surface area (TPSA) is 92.4 Å². The molecule has 0 aliphatic heterocycles. The monoisotopic (exact) mass is 226 g/mol. The first-order chi connectivity index (χ1) is 7.41. The summed E-state index contributed by atoms with van der Waals surface area (Å²) in [6.45, 7) is 3.74. The molecular formula is C11H18N2O3. The Morgan fingerprint density at radius 3 is 2.50 bits per heavy atom. The summed E-state index contributed by atoms with van der Waals surface area (Å²) in [6, 6.07) is -0.754. The van der Waals surface area contributed by atoms with Crippen molar-refractivity contribution in [2.45, 2.75) is 32.4 Å². The van der Waals surface area contributed by atoms with Crippen molar-refractivity contribution in [3.63, 3.8) is 0 Å². The number of nitrogens with two attached hydrogens (primary N) is 1. The molecule has 0 aromatic rings. The van der Waals surface area contributed by atoms with E-state index in [0.717, 1.165) is 0 Å². The molecule has 0 spiro atoms. The minimum atomic E-state index is -0.860. The lowest BCUT2D eigenvalue weighted by atomic mass is 10.0. The van der Waals surface area contributed by atoms with Gasteiger partial charge < -0.3 is 16.2 Å². The summed E-state index contributed by atoms with van der Waals surface area (Å²) in [5.41, 5.74) is 5.68. The van der Waals surface area contributed by atoms with Crippen LogP contribution in [0.15, 0.2) is 12.2 Å². The van der Waals surface area contributed by atoms with Crippen molar-refractivity contribution in [3.05, 3.63) is 12.2 Å². The van der Waals surface area contributed by atoms with E-state index in [-0.39, 0.29) is 17.9 Å². The summed E-state index contributed by atoms with van der Waals surface area (Å²) in [7, 11) is 0. The molecule has 16 heavy (non-hydrogen) atoms. The average Bonchev–Trinajstić information content (AvgIpc) is 2.64. The summed E-state index contributed by atoms with van der Waals surface area (Å²) >= 11 is 0. The highest BCUT2D eigenvalue weighted by molar-refractivity contribution is 5.82. The van der Waals surface area contributed by atoms with Crippen LogP contribution in [0.2, 0.25) is 0 Å². The van der Waals surface area contributed by atoms with Gasteiger partial charge in [-0.2, -0.15) is 0 Å². The second-order valence-electron chi connectivity index (χ2n) is 4.45. The number of rotatable bonds is 4. The Morgan fingerprint density at radius 2 is 2.06 bits per heavy atom. The van der Waals surface area contributed by atoms with Crippen molar-refractivity contribution < 1.29 is 14.7 Å². The third kappa shape index (κ3) is 3.06.